The molecule has 0 heterocycles. The molecule has 0 saturated carbocycles. The summed E-state index contributed by atoms with van der Waals surface area (Å²) in [5.41, 5.74) is 0.171. The summed E-state index contributed by atoms with van der Waals surface area (Å²) in [6.07, 6.45) is 0. The Kier molecular flexibility index (Phi) is 2.11. The molecule has 0 aliphatic rings. The summed E-state index contributed by atoms with van der Waals surface area (Å²) >= 11 is 5.51. The third-order valence-electron chi connectivity index (χ3n) is 1.05. The van der Waals surface area contributed by atoms with Crippen molar-refractivity contribution in [1.29, 1.82) is 0 Å². The molecule has 54 valence electrons. The van der Waals surface area contributed by atoms with E-state index < -0.39 is 0 Å². The summed E-state index contributed by atoms with van der Waals surface area (Å²) in [5, 5.41) is 18.9. The van der Waals surface area contributed by atoms with Crippen LogP contribution in [0.1, 0.15) is 0 Å². The van der Waals surface area contributed by atoms with E-state index in [1.807, 2.05) is 0 Å². The molecule has 3 nitrogen and oxygen atoms in total. The van der Waals surface area contributed by atoms with Gasteiger partial charge in [0.05, 0.1) is 5.69 Å². The highest BCUT2D eigenvalue weighted by atomic mass is 35.5. The van der Waals surface area contributed by atoms with Gasteiger partial charge >= 0.3 is 0 Å². The maximum absolute atomic E-state index is 10.2. The smallest absolute Gasteiger partial charge is 0.0509 e. The molecule has 1 rings (SSSR count). The highest BCUT2D eigenvalue weighted by molar-refractivity contribution is 6.30. The fourth-order valence-electron chi connectivity index (χ4n) is 0.569. The van der Waals surface area contributed by atoms with Crippen molar-refractivity contribution in [2.24, 2.45) is 0 Å². The predicted octanol–water partition coefficient (Wildman–Crippen LogP) is 2.03. The van der Waals surface area contributed by atoms with Crippen LogP contribution >= 0.6 is 11.6 Å². The van der Waals surface area contributed by atoms with Crippen LogP contribution in [0.3, 0.4) is 0 Å². The van der Waals surface area contributed by atoms with Crippen molar-refractivity contribution in [1.82, 2.24) is 0 Å². The predicted molar refractivity (Wildman–Crippen MR) is 39.1 cm³/mol. The van der Waals surface area contributed by atoms with Crippen molar-refractivity contribution in [2.75, 3.05) is 5.23 Å². The van der Waals surface area contributed by atoms with E-state index in [1.165, 1.54) is 24.3 Å². The van der Waals surface area contributed by atoms with Gasteiger partial charge in [-0.1, -0.05) is 11.6 Å². The van der Waals surface area contributed by atoms with E-state index in [9.17, 15) is 5.21 Å². The maximum Gasteiger partial charge on any atom is 0.0509 e. The minimum atomic E-state index is -0.212. The number of halogens is 1. The Morgan fingerprint density at radius 1 is 1.30 bits per heavy atom. The van der Waals surface area contributed by atoms with Crippen LogP contribution in [0.15, 0.2) is 24.3 Å². The zero-order valence-corrected chi connectivity index (χ0v) is 5.75. The Labute approximate surface area is 63.0 Å². The zero-order chi connectivity index (χ0) is 7.56. The summed E-state index contributed by atoms with van der Waals surface area (Å²) in [6.45, 7) is 0. The first-order valence-corrected chi connectivity index (χ1v) is 2.99. The van der Waals surface area contributed by atoms with Gasteiger partial charge in [-0.25, -0.2) is 0 Å². The molecule has 1 N–H and O–H groups in total. The van der Waals surface area contributed by atoms with Gasteiger partial charge in [-0.2, -0.15) is 0 Å². The third kappa shape index (κ3) is 1.60. The second kappa shape index (κ2) is 2.88. The van der Waals surface area contributed by atoms with E-state index in [1.54, 1.807) is 0 Å². The molecule has 0 unspecified atom stereocenters. The van der Waals surface area contributed by atoms with Crippen molar-refractivity contribution in [3.63, 3.8) is 0 Å². The molecule has 4 heteroatoms. The van der Waals surface area contributed by atoms with Crippen LogP contribution in [0.2, 0.25) is 5.02 Å². The van der Waals surface area contributed by atoms with Gasteiger partial charge < -0.3 is 10.4 Å². The average molecular weight is 159 g/mol. The normalized spacial score (nSPS) is 9.50. The van der Waals surface area contributed by atoms with Gasteiger partial charge in [0.1, 0.15) is 0 Å². The lowest BCUT2D eigenvalue weighted by atomic mass is 10.3. The van der Waals surface area contributed by atoms with Crippen LogP contribution in [-0.4, -0.2) is 5.21 Å². The second-order valence-corrected chi connectivity index (χ2v) is 2.19. The first-order chi connectivity index (χ1) is 4.70. The van der Waals surface area contributed by atoms with Gasteiger partial charge in [0.25, 0.3) is 0 Å². The van der Waals surface area contributed by atoms with Crippen molar-refractivity contribution in [3.05, 3.63) is 34.5 Å². The standard InChI is InChI=1S/C6H5ClNO2/c7-5-1-3-6(4-2-5)8(9)10/h1-4,9H/q-1. The largest absolute Gasteiger partial charge is 0.733 e. The van der Waals surface area contributed by atoms with E-state index in [-0.39, 0.29) is 10.9 Å². The van der Waals surface area contributed by atoms with E-state index in [4.69, 9.17) is 16.8 Å². The Bertz CT molecular complexity index is 209. The molecular weight excluding hydrogens is 154 g/mol. The molecule has 0 amide bonds. The fraction of sp³-hybridized carbons (Fsp3) is 0. The Morgan fingerprint density at radius 3 is 2.20 bits per heavy atom. The number of nitrogens with zero attached hydrogens (tertiary/aromatic N) is 1. The van der Waals surface area contributed by atoms with Crippen LogP contribution < -0.4 is 5.23 Å². The highest BCUT2D eigenvalue weighted by Crippen LogP contribution is 2.15. The zero-order valence-electron chi connectivity index (χ0n) is 4.99. The monoisotopic (exact) mass is 158 g/mol. The molecule has 0 aliphatic carbocycles. The lowest BCUT2D eigenvalue weighted by Crippen LogP contribution is -2.06. The Morgan fingerprint density at radius 2 is 1.80 bits per heavy atom. The second-order valence-electron chi connectivity index (χ2n) is 1.75. The van der Waals surface area contributed by atoms with Crippen LogP contribution in [0.25, 0.3) is 0 Å². The highest BCUT2D eigenvalue weighted by Gasteiger charge is 1.89. The molecule has 1 aromatic carbocycles. The topological polar surface area (TPSA) is 46.5 Å². The van der Waals surface area contributed by atoms with E-state index in [2.05, 4.69) is 0 Å². The summed E-state index contributed by atoms with van der Waals surface area (Å²) in [7, 11) is 0. The minimum Gasteiger partial charge on any atom is -0.733 e. The molecule has 0 aromatic heterocycles. The van der Waals surface area contributed by atoms with Crippen LogP contribution in [0.4, 0.5) is 5.69 Å². The molecule has 10 heavy (non-hydrogen) atoms. The van der Waals surface area contributed by atoms with Crippen molar-refractivity contribution >= 4 is 17.3 Å². The van der Waals surface area contributed by atoms with Crippen molar-refractivity contribution < 1.29 is 5.21 Å². The number of benzene rings is 1. The van der Waals surface area contributed by atoms with Crippen molar-refractivity contribution in [2.45, 2.75) is 0 Å². The van der Waals surface area contributed by atoms with Gasteiger partial charge in [0.2, 0.25) is 0 Å². The molecule has 0 atom stereocenters. The van der Waals surface area contributed by atoms with Gasteiger partial charge in [0, 0.05) is 5.02 Å². The third-order valence-corrected chi connectivity index (χ3v) is 1.30. The lowest BCUT2D eigenvalue weighted by molar-refractivity contribution is 0.296. The van der Waals surface area contributed by atoms with E-state index in [0.717, 1.165) is 0 Å². The quantitative estimate of drug-likeness (QED) is 0.637. The van der Waals surface area contributed by atoms with Crippen LogP contribution in [0, 0.1) is 5.21 Å². The molecule has 0 bridgehead atoms. The molecule has 0 saturated heterocycles. The van der Waals surface area contributed by atoms with Gasteiger partial charge in [-0.3, -0.25) is 5.21 Å². The van der Waals surface area contributed by atoms with Crippen LogP contribution in [0.5, 0.6) is 0 Å². The number of rotatable bonds is 1. The minimum absolute atomic E-state index is 0.171. The van der Waals surface area contributed by atoms with Gasteiger partial charge in [-0.15, -0.1) is 0 Å². The molecule has 0 aliphatic heterocycles. The van der Waals surface area contributed by atoms with Crippen LogP contribution in [-0.2, 0) is 0 Å². The lowest BCUT2D eigenvalue weighted by Gasteiger charge is -2.20. The Hall–Kier alpha value is -0.770. The maximum atomic E-state index is 10.2. The number of hydrogen-bond donors (Lipinski definition) is 1. The van der Waals surface area contributed by atoms with E-state index >= 15 is 0 Å². The summed E-state index contributed by atoms with van der Waals surface area (Å²) in [4.78, 5) is 0. The summed E-state index contributed by atoms with van der Waals surface area (Å²) < 4.78 is 0. The Balaban J connectivity index is 2.89. The molecule has 1 aromatic rings. The van der Waals surface area contributed by atoms with Crippen molar-refractivity contribution in [3.8, 4) is 0 Å². The fourth-order valence-corrected chi connectivity index (χ4v) is 0.695. The molecule has 0 radical (unpaired) electrons. The number of anilines is 1. The first-order valence-electron chi connectivity index (χ1n) is 2.62. The van der Waals surface area contributed by atoms with E-state index in [0.29, 0.717) is 5.02 Å². The first kappa shape index (κ1) is 7.34. The average Bonchev–Trinajstić information content (AvgIpc) is 1.88. The summed E-state index contributed by atoms with van der Waals surface area (Å²) in [6, 6.07) is 5.90. The van der Waals surface area contributed by atoms with Gasteiger partial charge in [0.15, 0.2) is 0 Å². The summed E-state index contributed by atoms with van der Waals surface area (Å²) in [5.74, 6) is 0. The molecule has 0 spiro atoms. The van der Waals surface area contributed by atoms with Gasteiger partial charge in [-0.05, 0) is 24.3 Å². The molecular formula is C6H5ClNO2-. The number of hydrogen-bond acceptors (Lipinski definition) is 3. The molecule has 0 fully saturated rings. The SMILES string of the molecule is [O-]N(O)c1ccc(Cl)cc1.